The van der Waals surface area contributed by atoms with Crippen molar-refractivity contribution in [2.24, 2.45) is 5.10 Å². The second-order valence-corrected chi connectivity index (χ2v) is 8.68. The van der Waals surface area contributed by atoms with Crippen LogP contribution in [0.3, 0.4) is 0 Å². The zero-order valence-corrected chi connectivity index (χ0v) is 20.3. The van der Waals surface area contributed by atoms with Crippen molar-refractivity contribution in [1.29, 1.82) is 0 Å². The zero-order chi connectivity index (χ0) is 24.8. The number of halogens is 1. The van der Waals surface area contributed by atoms with E-state index in [0.717, 1.165) is 28.1 Å². The molecule has 0 aliphatic rings. The first-order valence-corrected chi connectivity index (χ1v) is 11.8. The summed E-state index contributed by atoms with van der Waals surface area (Å²) in [6.45, 7) is 3.77. The Bertz CT molecular complexity index is 1330. The zero-order valence-electron chi connectivity index (χ0n) is 19.5. The van der Waals surface area contributed by atoms with Crippen LogP contribution in [0.1, 0.15) is 18.1 Å². The van der Waals surface area contributed by atoms with E-state index in [-0.39, 0.29) is 17.5 Å². The minimum absolute atomic E-state index is 0.0901. The van der Waals surface area contributed by atoms with Gasteiger partial charge >= 0.3 is 0 Å². The van der Waals surface area contributed by atoms with Gasteiger partial charge in [-0.15, -0.1) is 10.2 Å². The number of hydrogen-bond donors (Lipinski definition) is 1. The van der Waals surface area contributed by atoms with Gasteiger partial charge in [0.25, 0.3) is 5.91 Å². The van der Waals surface area contributed by atoms with Crippen LogP contribution in [-0.4, -0.2) is 39.2 Å². The smallest absolute Gasteiger partial charge is 0.250 e. The van der Waals surface area contributed by atoms with E-state index in [4.69, 9.17) is 4.74 Å². The average molecular weight is 490 g/mol. The first-order chi connectivity index (χ1) is 16.9. The van der Waals surface area contributed by atoms with Gasteiger partial charge < -0.3 is 4.74 Å². The third-order valence-electron chi connectivity index (χ3n) is 5.22. The molecular weight excluding hydrogens is 465 g/mol. The number of benzene rings is 3. The van der Waals surface area contributed by atoms with Crippen molar-refractivity contribution in [3.63, 3.8) is 0 Å². The molecule has 0 fully saturated rings. The lowest BCUT2D eigenvalue weighted by atomic mass is 10.1. The van der Waals surface area contributed by atoms with Crippen LogP contribution in [0.4, 0.5) is 4.39 Å². The second-order valence-electron chi connectivity index (χ2n) is 7.73. The Morgan fingerprint density at radius 2 is 1.71 bits per heavy atom. The molecule has 3 aromatic carbocycles. The summed E-state index contributed by atoms with van der Waals surface area (Å²) in [5.74, 6) is 0.879. The molecule has 7 nitrogen and oxygen atoms in total. The molecule has 0 spiro atoms. The van der Waals surface area contributed by atoms with Crippen molar-refractivity contribution >= 4 is 23.4 Å². The van der Waals surface area contributed by atoms with E-state index in [0.29, 0.717) is 16.7 Å². The van der Waals surface area contributed by atoms with Gasteiger partial charge in [-0.3, -0.25) is 9.36 Å². The van der Waals surface area contributed by atoms with Crippen LogP contribution in [0.25, 0.3) is 17.1 Å². The maximum Gasteiger partial charge on any atom is 0.250 e. The van der Waals surface area contributed by atoms with Gasteiger partial charge in [-0.2, -0.15) is 5.10 Å². The number of hydrazone groups is 1. The summed E-state index contributed by atoms with van der Waals surface area (Å²) < 4.78 is 20.3. The summed E-state index contributed by atoms with van der Waals surface area (Å²) in [5, 5.41) is 13.5. The van der Waals surface area contributed by atoms with Crippen molar-refractivity contribution in [2.45, 2.75) is 19.0 Å². The Morgan fingerprint density at radius 3 is 2.37 bits per heavy atom. The number of methoxy groups -OCH3 is 1. The number of nitrogens with one attached hydrogen (secondary N) is 1. The van der Waals surface area contributed by atoms with E-state index in [1.807, 2.05) is 60.0 Å². The second kappa shape index (κ2) is 11.0. The summed E-state index contributed by atoms with van der Waals surface area (Å²) in [6, 6.07) is 21.5. The highest BCUT2D eigenvalue weighted by molar-refractivity contribution is 7.99. The molecule has 178 valence electrons. The molecule has 35 heavy (non-hydrogen) atoms. The molecule has 1 heterocycles. The van der Waals surface area contributed by atoms with Crippen LogP contribution >= 0.6 is 11.8 Å². The van der Waals surface area contributed by atoms with E-state index in [2.05, 4.69) is 20.7 Å². The number of carbonyl (C=O) groups is 1. The van der Waals surface area contributed by atoms with Gasteiger partial charge in [0, 0.05) is 11.3 Å². The molecule has 1 N–H and O–H groups in total. The molecule has 0 saturated carbocycles. The summed E-state index contributed by atoms with van der Waals surface area (Å²) >= 11 is 1.26. The number of hydrogen-bond acceptors (Lipinski definition) is 6. The highest BCUT2D eigenvalue weighted by atomic mass is 32.2. The lowest BCUT2D eigenvalue weighted by Gasteiger charge is -2.11. The summed E-state index contributed by atoms with van der Waals surface area (Å²) in [5.41, 5.74) is 6.74. The summed E-state index contributed by atoms with van der Waals surface area (Å²) in [4.78, 5) is 12.5. The van der Waals surface area contributed by atoms with Crippen molar-refractivity contribution in [3.8, 4) is 22.8 Å². The lowest BCUT2D eigenvalue weighted by molar-refractivity contribution is -0.118. The Labute approximate surface area is 207 Å². The van der Waals surface area contributed by atoms with Gasteiger partial charge in [0.05, 0.1) is 18.6 Å². The lowest BCUT2D eigenvalue weighted by Crippen LogP contribution is -2.21. The van der Waals surface area contributed by atoms with Crippen LogP contribution in [0, 0.1) is 12.7 Å². The number of nitrogens with zero attached hydrogens (tertiary/aromatic N) is 4. The third-order valence-corrected chi connectivity index (χ3v) is 6.15. The fourth-order valence-electron chi connectivity index (χ4n) is 3.28. The van der Waals surface area contributed by atoms with Crippen LogP contribution in [0.2, 0.25) is 0 Å². The monoisotopic (exact) mass is 489 g/mol. The first-order valence-electron chi connectivity index (χ1n) is 10.8. The number of aryl methyl sites for hydroxylation is 1. The molecule has 9 heteroatoms. The quantitative estimate of drug-likeness (QED) is 0.213. The van der Waals surface area contributed by atoms with Crippen LogP contribution in [-0.2, 0) is 4.79 Å². The summed E-state index contributed by atoms with van der Waals surface area (Å²) in [6.07, 6.45) is 0. The number of rotatable bonds is 8. The molecule has 0 aliphatic heterocycles. The summed E-state index contributed by atoms with van der Waals surface area (Å²) in [7, 11) is 1.62. The molecular formula is C26H24FN5O2S. The van der Waals surface area contributed by atoms with Crippen LogP contribution in [0.15, 0.2) is 83.1 Å². The normalized spacial score (nSPS) is 11.4. The maximum atomic E-state index is 13.1. The first kappa shape index (κ1) is 24.2. The molecule has 0 saturated heterocycles. The molecule has 0 bridgehead atoms. The molecule has 0 unspecified atom stereocenters. The van der Waals surface area contributed by atoms with E-state index >= 15 is 0 Å². The van der Waals surface area contributed by atoms with Crippen molar-refractivity contribution < 1.29 is 13.9 Å². The Kier molecular flexibility index (Phi) is 7.57. The molecule has 0 radical (unpaired) electrons. The molecule has 4 aromatic rings. The maximum absolute atomic E-state index is 13.1. The third kappa shape index (κ3) is 5.93. The predicted molar refractivity (Wildman–Crippen MR) is 136 cm³/mol. The van der Waals surface area contributed by atoms with Crippen LogP contribution < -0.4 is 10.2 Å². The molecule has 1 aromatic heterocycles. The van der Waals surface area contributed by atoms with E-state index < -0.39 is 0 Å². The minimum atomic E-state index is -0.325. The van der Waals surface area contributed by atoms with Crippen molar-refractivity contribution in [1.82, 2.24) is 20.2 Å². The number of ether oxygens (including phenoxy) is 1. The van der Waals surface area contributed by atoms with Crippen LogP contribution in [0.5, 0.6) is 5.75 Å². The van der Waals surface area contributed by atoms with Gasteiger partial charge in [-0.25, -0.2) is 9.82 Å². The molecule has 4 rings (SSSR count). The minimum Gasteiger partial charge on any atom is -0.497 e. The van der Waals surface area contributed by atoms with Gasteiger partial charge in [-0.05, 0) is 67.9 Å². The Balaban J connectivity index is 1.53. The van der Waals surface area contributed by atoms with Crippen molar-refractivity contribution in [3.05, 3.63) is 89.7 Å². The molecule has 0 atom stereocenters. The number of carbonyl (C=O) groups excluding carboxylic acids is 1. The largest absolute Gasteiger partial charge is 0.497 e. The standard InChI is InChI=1S/C26H24FN5O2S/c1-17-4-12-22(13-5-17)32-25(20-8-14-23(34-3)15-9-20)30-31-26(32)35-16-24(33)29-28-18(2)19-6-10-21(27)11-7-19/h4-15H,16H2,1-3H3,(H,29,33)/b28-18-. The van der Waals surface area contributed by atoms with Gasteiger partial charge in [0.2, 0.25) is 0 Å². The Hall–Kier alpha value is -3.98. The Morgan fingerprint density at radius 1 is 1.03 bits per heavy atom. The topological polar surface area (TPSA) is 81.4 Å². The fraction of sp³-hybridized carbons (Fsp3) is 0.154. The van der Waals surface area contributed by atoms with E-state index in [1.165, 1.54) is 23.9 Å². The van der Waals surface area contributed by atoms with Gasteiger partial charge in [-0.1, -0.05) is 41.6 Å². The van der Waals surface area contributed by atoms with E-state index in [9.17, 15) is 9.18 Å². The number of aromatic nitrogens is 3. The van der Waals surface area contributed by atoms with Gasteiger partial charge in [0.15, 0.2) is 11.0 Å². The molecule has 1 amide bonds. The highest BCUT2D eigenvalue weighted by Gasteiger charge is 2.17. The van der Waals surface area contributed by atoms with Crippen molar-refractivity contribution in [2.75, 3.05) is 12.9 Å². The number of thioether (sulfide) groups is 1. The van der Waals surface area contributed by atoms with Gasteiger partial charge in [0.1, 0.15) is 11.6 Å². The fourth-order valence-corrected chi connectivity index (χ4v) is 4.03. The SMILES string of the molecule is COc1ccc(-c2nnc(SCC(=O)N/N=C(/C)c3ccc(F)cc3)n2-c2ccc(C)cc2)cc1. The highest BCUT2D eigenvalue weighted by Crippen LogP contribution is 2.29. The number of amides is 1. The predicted octanol–water partition coefficient (Wildman–Crippen LogP) is 5.02. The average Bonchev–Trinajstić information content (AvgIpc) is 3.31. The van der Waals surface area contributed by atoms with E-state index in [1.54, 1.807) is 26.2 Å². The molecule has 0 aliphatic carbocycles.